The van der Waals surface area contributed by atoms with Crippen LogP contribution in [0.1, 0.15) is 23.6 Å². The number of Topliss-reactive ketones (excluding diaryl/α,β-unsaturated/α-hetero) is 1. The molecule has 0 bridgehead atoms. The summed E-state index contributed by atoms with van der Waals surface area (Å²) in [6.45, 7) is 2.83. The molecule has 0 saturated carbocycles. The maximum atomic E-state index is 11.2. The molecule has 0 aliphatic carbocycles. The Bertz CT molecular complexity index is 396. The van der Waals surface area contributed by atoms with Crippen LogP contribution in [-0.4, -0.2) is 12.9 Å². The average Bonchev–Trinajstić information content (AvgIpc) is 2.65. The number of benzene rings is 1. The second-order valence-electron chi connectivity index (χ2n) is 3.76. The number of hydrogen-bond acceptors (Lipinski definition) is 3. The molecule has 1 aromatic carbocycles. The fourth-order valence-electron chi connectivity index (χ4n) is 1.93. The number of carbonyl (C=O) groups excluding carboxylic acids is 1. The molecule has 80 valence electrons. The lowest BCUT2D eigenvalue weighted by atomic mass is 9.98. The van der Waals surface area contributed by atoms with Gasteiger partial charge in [0, 0.05) is 12.0 Å². The third-order valence-corrected chi connectivity index (χ3v) is 2.63. The van der Waals surface area contributed by atoms with E-state index in [9.17, 15) is 4.79 Å². The molecule has 0 N–H and O–H groups in total. The fraction of sp³-hybridized carbons (Fsp3) is 0.417. The van der Waals surface area contributed by atoms with E-state index < -0.39 is 0 Å². The largest absolute Gasteiger partial charge is 0.496 e. The van der Waals surface area contributed by atoms with Gasteiger partial charge in [-0.3, -0.25) is 4.79 Å². The molecule has 1 aliphatic rings. The van der Waals surface area contributed by atoms with E-state index in [0.717, 1.165) is 16.9 Å². The maximum absolute atomic E-state index is 11.2. The smallest absolute Gasteiger partial charge is 0.134 e. The van der Waals surface area contributed by atoms with Crippen molar-refractivity contribution in [1.82, 2.24) is 0 Å². The molecule has 0 atom stereocenters. The van der Waals surface area contributed by atoms with Gasteiger partial charge in [0.15, 0.2) is 0 Å². The third kappa shape index (κ3) is 1.88. The van der Waals surface area contributed by atoms with E-state index in [-0.39, 0.29) is 5.78 Å². The summed E-state index contributed by atoms with van der Waals surface area (Å²) < 4.78 is 10.6. The number of fused-ring (bicyclic) bond motifs is 1. The minimum Gasteiger partial charge on any atom is -0.496 e. The van der Waals surface area contributed by atoms with Crippen molar-refractivity contribution in [3.8, 4) is 5.75 Å². The number of carbonyl (C=O) groups is 1. The molecular weight excluding hydrogens is 192 g/mol. The van der Waals surface area contributed by atoms with Crippen molar-refractivity contribution in [2.45, 2.75) is 26.6 Å². The Balaban J connectivity index is 2.47. The first-order chi connectivity index (χ1) is 7.22. The van der Waals surface area contributed by atoms with Gasteiger partial charge < -0.3 is 9.47 Å². The van der Waals surface area contributed by atoms with Gasteiger partial charge in [-0.1, -0.05) is 6.07 Å². The Labute approximate surface area is 89.0 Å². The van der Waals surface area contributed by atoms with Gasteiger partial charge in [-0.2, -0.15) is 0 Å². The molecule has 0 unspecified atom stereocenters. The molecule has 3 heteroatoms. The van der Waals surface area contributed by atoms with E-state index in [4.69, 9.17) is 9.47 Å². The molecular formula is C12H14O3. The molecule has 0 aromatic heterocycles. The van der Waals surface area contributed by atoms with Crippen molar-refractivity contribution in [1.29, 1.82) is 0 Å². The van der Waals surface area contributed by atoms with Crippen LogP contribution >= 0.6 is 0 Å². The number of rotatable bonds is 3. The molecule has 1 aliphatic heterocycles. The molecule has 0 saturated heterocycles. The lowest BCUT2D eigenvalue weighted by molar-refractivity contribution is -0.116. The predicted octanol–water partition coefficient (Wildman–Crippen LogP) is 1.86. The summed E-state index contributed by atoms with van der Waals surface area (Å²) in [5, 5.41) is 0. The Morgan fingerprint density at radius 3 is 2.93 bits per heavy atom. The Morgan fingerprint density at radius 2 is 2.27 bits per heavy atom. The van der Waals surface area contributed by atoms with Gasteiger partial charge in [-0.25, -0.2) is 0 Å². The van der Waals surface area contributed by atoms with Crippen LogP contribution in [0.5, 0.6) is 5.75 Å². The van der Waals surface area contributed by atoms with Crippen LogP contribution in [0.2, 0.25) is 0 Å². The summed E-state index contributed by atoms with van der Waals surface area (Å²) in [6, 6.07) is 3.91. The van der Waals surface area contributed by atoms with Crippen molar-refractivity contribution in [2.24, 2.45) is 0 Å². The molecule has 2 rings (SSSR count). The highest BCUT2D eigenvalue weighted by atomic mass is 16.5. The summed E-state index contributed by atoms with van der Waals surface area (Å²) in [5.74, 6) is 0.933. The van der Waals surface area contributed by atoms with Gasteiger partial charge in [0.25, 0.3) is 0 Å². The van der Waals surface area contributed by atoms with Crippen molar-refractivity contribution >= 4 is 5.78 Å². The zero-order valence-corrected chi connectivity index (χ0v) is 9.00. The number of ketones is 1. The lowest BCUT2D eigenvalue weighted by Crippen LogP contribution is -2.03. The average molecular weight is 206 g/mol. The highest BCUT2D eigenvalue weighted by Gasteiger charge is 2.19. The van der Waals surface area contributed by atoms with Gasteiger partial charge in [0.1, 0.15) is 11.5 Å². The van der Waals surface area contributed by atoms with Crippen LogP contribution in [0.15, 0.2) is 12.1 Å². The molecule has 0 spiro atoms. The Hall–Kier alpha value is -1.35. The first kappa shape index (κ1) is 10.2. The van der Waals surface area contributed by atoms with Crippen LogP contribution in [-0.2, 0) is 29.2 Å². The van der Waals surface area contributed by atoms with E-state index >= 15 is 0 Å². The summed E-state index contributed by atoms with van der Waals surface area (Å²) in [7, 11) is 1.63. The van der Waals surface area contributed by atoms with E-state index in [2.05, 4.69) is 0 Å². The topological polar surface area (TPSA) is 35.5 Å². The first-order valence-electron chi connectivity index (χ1n) is 4.97. The van der Waals surface area contributed by atoms with Crippen LogP contribution in [0.4, 0.5) is 0 Å². The molecule has 0 amide bonds. The minimum atomic E-state index is 0.147. The predicted molar refractivity (Wildman–Crippen MR) is 55.9 cm³/mol. The molecule has 0 radical (unpaired) electrons. The van der Waals surface area contributed by atoms with E-state index in [1.807, 2.05) is 12.1 Å². The molecule has 0 fully saturated rings. The molecule has 15 heavy (non-hydrogen) atoms. The lowest BCUT2D eigenvalue weighted by Gasteiger charge is -2.11. The van der Waals surface area contributed by atoms with Gasteiger partial charge in [-0.15, -0.1) is 0 Å². The standard InChI is InChI=1S/C12H14O3/c1-8(13)5-10-11-7-15-6-9(11)3-4-12(10)14-2/h3-4H,5-7H2,1-2H3. The quantitative estimate of drug-likeness (QED) is 0.757. The van der Waals surface area contributed by atoms with Crippen molar-refractivity contribution in [3.05, 3.63) is 28.8 Å². The second kappa shape index (κ2) is 4.03. The van der Waals surface area contributed by atoms with E-state index in [0.29, 0.717) is 19.6 Å². The number of methoxy groups -OCH3 is 1. The summed E-state index contributed by atoms with van der Waals surface area (Å²) in [5.41, 5.74) is 3.29. The first-order valence-corrected chi connectivity index (χ1v) is 4.97. The Morgan fingerprint density at radius 1 is 1.47 bits per heavy atom. The maximum Gasteiger partial charge on any atom is 0.134 e. The normalized spacial score (nSPS) is 13.7. The van der Waals surface area contributed by atoms with Gasteiger partial charge in [-0.05, 0) is 24.1 Å². The van der Waals surface area contributed by atoms with Crippen LogP contribution < -0.4 is 4.74 Å². The highest BCUT2D eigenvalue weighted by molar-refractivity contribution is 5.79. The second-order valence-corrected chi connectivity index (χ2v) is 3.76. The monoisotopic (exact) mass is 206 g/mol. The highest BCUT2D eigenvalue weighted by Crippen LogP contribution is 2.31. The Kier molecular flexibility index (Phi) is 2.73. The van der Waals surface area contributed by atoms with Crippen LogP contribution in [0.25, 0.3) is 0 Å². The van der Waals surface area contributed by atoms with E-state index in [1.165, 1.54) is 5.56 Å². The molecule has 1 heterocycles. The van der Waals surface area contributed by atoms with E-state index in [1.54, 1.807) is 14.0 Å². The fourth-order valence-corrected chi connectivity index (χ4v) is 1.93. The minimum absolute atomic E-state index is 0.147. The zero-order chi connectivity index (χ0) is 10.8. The van der Waals surface area contributed by atoms with Crippen LogP contribution in [0.3, 0.4) is 0 Å². The van der Waals surface area contributed by atoms with Gasteiger partial charge in [0.2, 0.25) is 0 Å². The zero-order valence-electron chi connectivity index (χ0n) is 9.00. The summed E-state index contributed by atoms with van der Waals surface area (Å²) in [4.78, 5) is 11.2. The third-order valence-electron chi connectivity index (χ3n) is 2.63. The molecule has 1 aromatic rings. The number of ether oxygens (including phenoxy) is 2. The van der Waals surface area contributed by atoms with Crippen molar-refractivity contribution < 1.29 is 14.3 Å². The van der Waals surface area contributed by atoms with Gasteiger partial charge in [0.05, 0.1) is 20.3 Å². The SMILES string of the molecule is COc1ccc2c(c1CC(C)=O)COC2. The number of hydrogen-bond donors (Lipinski definition) is 0. The molecule has 3 nitrogen and oxygen atoms in total. The van der Waals surface area contributed by atoms with Crippen LogP contribution in [0, 0.1) is 0 Å². The van der Waals surface area contributed by atoms with Gasteiger partial charge >= 0.3 is 0 Å². The van der Waals surface area contributed by atoms with Crippen molar-refractivity contribution in [2.75, 3.05) is 7.11 Å². The van der Waals surface area contributed by atoms with Crippen molar-refractivity contribution in [3.63, 3.8) is 0 Å². The summed E-state index contributed by atoms with van der Waals surface area (Å²) >= 11 is 0. The summed E-state index contributed by atoms with van der Waals surface area (Å²) in [6.07, 6.45) is 0.426.